The molecule has 0 saturated heterocycles. The van der Waals surface area contributed by atoms with Gasteiger partial charge >= 0.3 is 0 Å². The van der Waals surface area contributed by atoms with Gasteiger partial charge in [-0.05, 0) is 37.0 Å². The van der Waals surface area contributed by atoms with E-state index in [1.807, 2.05) is 17.7 Å². The Labute approximate surface area is 168 Å². The van der Waals surface area contributed by atoms with Crippen LogP contribution in [0, 0.1) is 0 Å². The van der Waals surface area contributed by atoms with Crippen molar-refractivity contribution in [3.8, 4) is 0 Å². The smallest absolute Gasteiger partial charge is 0.220 e. The van der Waals surface area contributed by atoms with Crippen LogP contribution in [0.15, 0.2) is 22.7 Å². The summed E-state index contributed by atoms with van der Waals surface area (Å²) in [6.07, 6.45) is 9.12. The third kappa shape index (κ3) is 5.42. The highest BCUT2D eigenvalue weighted by Crippen LogP contribution is 2.33. The molecule has 27 heavy (non-hydrogen) atoms. The molecule has 1 fully saturated rings. The van der Waals surface area contributed by atoms with Crippen LogP contribution in [0.5, 0.6) is 0 Å². The first kappa shape index (κ1) is 20.1. The summed E-state index contributed by atoms with van der Waals surface area (Å²) >= 11 is 3.06. The predicted octanol–water partition coefficient (Wildman–Crippen LogP) is 3.89. The standard InChI is InChI=1S/C19H26N4O2S2/c1-26-19-22-21-17(23(19)14-6-2-3-7-14)9-4-12-20-18(25)11-10-15(24)16-8-5-13-27-16/h5,8,13-14H,2-4,6-7,9-12H2,1H3,(H,20,25). The number of thiophene rings is 1. The van der Waals surface area contributed by atoms with Crippen LogP contribution in [-0.4, -0.2) is 39.3 Å². The number of hydrogen-bond donors (Lipinski definition) is 1. The first-order valence-corrected chi connectivity index (χ1v) is 11.6. The van der Waals surface area contributed by atoms with Crippen molar-refractivity contribution in [3.05, 3.63) is 28.2 Å². The SMILES string of the molecule is CSc1nnc(CCCNC(=O)CCC(=O)c2cccs2)n1C1CCCC1. The molecule has 1 saturated carbocycles. The number of ketones is 1. The van der Waals surface area contributed by atoms with E-state index < -0.39 is 0 Å². The number of thioether (sulfide) groups is 1. The minimum atomic E-state index is -0.0676. The van der Waals surface area contributed by atoms with E-state index in [4.69, 9.17) is 0 Å². The molecule has 0 atom stereocenters. The van der Waals surface area contributed by atoms with Gasteiger partial charge < -0.3 is 9.88 Å². The number of amides is 1. The zero-order valence-corrected chi connectivity index (χ0v) is 17.3. The molecule has 0 spiro atoms. The summed E-state index contributed by atoms with van der Waals surface area (Å²) in [5.74, 6) is 0.991. The van der Waals surface area contributed by atoms with E-state index >= 15 is 0 Å². The fourth-order valence-electron chi connectivity index (χ4n) is 3.50. The lowest BCUT2D eigenvalue weighted by molar-refractivity contribution is -0.121. The van der Waals surface area contributed by atoms with Crippen molar-refractivity contribution in [1.82, 2.24) is 20.1 Å². The van der Waals surface area contributed by atoms with Gasteiger partial charge in [0.1, 0.15) is 5.82 Å². The maximum atomic E-state index is 12.0. The molecule has 0 aliphatic heterocycles. The van der Waals surface area contributed by atoms with Gasteiger partial charge in [0, 0.05) is 31.8 Å². The average molecular weight is 407 g/mol. The maximum absolute atomic E-state index is 12.0. The molecule has 0 bridgehead atoms. The predicted molar refractivity (Wildman–Crippen MR) is 109 cm³/mol. The third-order valence-corrected chi connectivity index (χ3v) is 6.44. The van der Waals surface area contributed by atoms with E-state index in [1.54, 1.807) is 17.8 Å². The van der Waals surface area contributed by atoms with Gasteiger partial charge in [-0.3, -0.25) is 9.59 Å². The number of aryl methyl sites for hydroxylation is 1. The van der Waals surface area contributed by atoms with Crippen molar-refractivity contribution in [3.63, 3.8) is 0 Å². The van der Waals surface area contributed by atoms with Crippen LogP contribution in [0.3, 0.4) is 0 Å². The van der Waals surface area contributed by atoms with E-state index in [0.29, 0.717) is 12.6 Å². The van der Waals surface area contributed by atoms with Crippen LogP contribution in [-0.2, 0) is 11.2 Å². The molecular formula is C19H26N4O2S2. The Balaban J connectivity index is 1.40. The lowest BCUT2D eigenvalue weighted by Gasteiger charge is -2.16. The number of carbonyl (C=O) groups excluding carboxylic acids is 2. The molecule has 1 amide bonds. The minimum Gasteiger partial charge on any atom is -0.356 e. The molecule has 2 heterocycles. The largest absolute Gasteiger partial charge is 0.356 e. The van der Waals surface area contributed by atoms with Gasteiger partial charge in [0.25, 0.3) is 0 Å². The van der Waals surface area contributed by atoms with Gasteiger partial charge in [-0.25, -0.2) is 0 Å². The van der Waals surface area contributed by atoms with E-state index in [9.17, 15) is 9.59 Å². The van der Waals surface area contributed by atoms with Gasteiger partial charge in [-0.2, -0.15) is 0 Å². The number of nitrogens with zero attached hydrogens (tertiary/aromatic N) is 3. The molecule has 1 aliphatic rings. The highest BCUT2D eigenvalue weighted by atomic mass is 32.2. The molecule has 8 heteroatoms. The van der Waals surface area contributed by atoms with Crippen molar-refractivity contribution in [2.24, 2.45) is 0 Å². The number of nitrogens with one attached hydrogen (secondary N) is 1. The Bertz CT molecular complexity index is 752. The molecule has 1 aliphatic carbocycles. The Morgan fingerprint density at radius 1 is 1.30 bits per heavy atom. The van der Waals surface area contributed by atoms with Gasteiger partial charge in [0.15, 0.2) is 10.9 Å². The minimum absolute atomic E-state index is 0.0365. The van der Waals surface area contributed by atoms with Crippen molar-refractivity contribution in [2.45, 2.75) is 62.6 Å². The number of aromatic nitrogens is 3. The van der Waals surface area contributed by atoms with Crippen molar-refractivity contribution in [1.29, 1.82) is 0 Å². The summed E-state index contributed by atoms with van der Waals surface area (Å²) in [5.41, 5.74) is 0. The Morgan fingerprint density at radius 3 is 2.81 bits per heavy atom. The van der Waals surface area contributed by atoms with E-state index in [2.05, 4.69) is 20.1 Å². The van der Waals surface area contributed by atoms with Crippen LogP contribution in [0.2, 0.25) is 0 Å². The number of rotatable bonds is 10. The highest BCUT2D eigenvalue weighted by molar-refractivity contribution is 7.98. The summed E-state index contributed by atoms with van der Waals surface area (Å²) in [6, 6.07) is 4.18. The molecule has 2 aromatic rings. The van der Waals surface area contributed by atoms with Crippen LogP contribution in [0.25, 0.3) is 0 Å². The second-order valence-corrected chi connectivity index (χ2v) is 8.49. The molecule has 6 nitrogen and oxygen atoms in total. The summed E-state index contributed by atoms with van der Waals surface area (Å²) in [7, 11) is 0. The second-order valence-electron chi connectivity index (χ2n) is 6.77. The van der Waals surface area contributed by atoms with Crippen molar-refractivity contribution in [2.75, 3.05) is 12.8 Å². The lowest BCUT2D eigenvalue weighted by Crippen LogP contribution is -2.25. The third-order valence-electron chi connectivity index (χ3n) is 4.88. The van der Waals surface area contributed by atoms with Crippen LogP contribution in [0.4, 0.5) is 0 Å². The molecule has 3 rings (SSSR count). The topological polar surface area (TPSA) is 76.9 Å². The van der Waals surface area contributed by atoms with Gasteiger partial charge in [0.05, 0.1) is 4.88 Å². The Hall–Kier alpha value is -1.67. The molecule has 146 valence electrons. The first-order valence-electron chi connectivity index (χ1n) is 9.50. The summed E-state index contributed by atoms with van der Waals surface area (Å²) in [6.45, 7) is 0.595. The summed E-state index contributed by atoms with van der Waals surface area (Å²) in [5, 5.41) is 14.5. The summed E-state index contributed by atoms with van der Waals surface area (Å²) in [4.78, 5) is 24.6. The van der Waals surface area contributed by atoms with Crippen LogP contribution >= 0.6 is 23.1 Å². The zero-order valence-electron chi connectivity index (χ0n) is 15.6. The van der Waals surface area contributed by atoms with E-state index in [-0.39, 0.29) is 24.5 Å². The van der Waals surface area contributed by atoms with Crippen LogP contribution < -0.4 is 5.32 Å². The highest BCUT2D eigenvalue weighted by Gasteiger charge is 2.23. The normalized spacial score (nSPS) is 14.6. The molecule has 2 aromatic heterocycles. The molecular weight excluding hydrogens is 380 g/mol. The van der Waals surface area contributed by atoms with Crippen molar-refractivity contribution < 1.29 is 9.59 Å². The van der Waals surface area contributed by atoms with Crippen molar-refractivity contribution >= 4 is 34.8 Å². The van der Waals surface area contributed by atoms with Gasteiger partial charge in [-0.1, -0.05) is 30.7 Å². The summed E-state index contributed by atoms with van der Waals surface area (Å²) < 4.78 is 2.30. The fourth-order valence-corrected chi connectivity index (χ4v) is 4.76. The quantitative estimate of drug-likeness (QED) is 0.368. The number of carbonyl (C=O) groups is 2. The first-order chi connectivity index (χ1) is 13.2. The van der Waals surface area contributed by atoms with E-state index in [1.165, 1.54) is 37.0 Å². The number of hydrogen-bond acceptors (Lipinski definition) is 6. The van der Waals surface area contributed by atoms with Gasteiger partial charge in [0.2, 0.25) is 5.91 Å². The van der Waals surface area contributed by atoms with E-state index in [0.717, 1.165) is 28.7 Å². The second kappa shape index (κ2) is 10.0. The van der Waals surface area contributed by atoms with Crippen LogP contribution in [0.1, 0.15) is 66.5 Å². The fraction of sp³-hybridized carbons (Fsp3) is 0.579. The Morgan fingerprint density at radius 2 is 2.11 bits per heavy atom. The van der Waals surface area contributed by atoms with Gasteiger partial charge in [-0.15, -0.1) is 21.5 Å². The molecule has 0 radical (unpaired) electrons. The Kier molecular flexibility index (Phi) is 7.46. The average Bonchev–Trinajstić information content (AvgIpc) is 3.43. The molecule has 1 N–H and O–H groups in total. The number of Topliss-reactive ketones (excluding diaryl/α,β-unsaturated/α-hetero) is 1. The zero-order chi connectivity index (χ0) is 19.1. The monoisotopic (exact) mass is 406 g/mol. The molecule has 0 aromatic carbocycles. The lowest BCUT2D eigenvalue weighted by atomic mass is 10.2. The molecule has 0 unspecified atom stereocenters. The maximum Gasteiger partial charge on any atom is 0.220 e.